The van der Waals surface area contributed by atoms with E-state index in [-0.39, 0.29) is 0 Å². The standard InChI is InChI=1S/C14H24N4OS/c1-10(2)13-18-11(9-20-13)7-16-14(15-3)17-8-12-5-4-6-19-12/h9-10,12H,4-8H2,1-3H3,(H2,15,16,17). The van der Waals surface area contributed by atoms with Gasteiger partial charge in [-0.05, 0) is 12.8 Å². The number of aliphatic imine (C=N–C) groups is 1. The highest BCUT2D eigenvalue weighted by Gasteiger charge is 2.15. The van der Waals surface area contributed by atoms with Gasteiger partial charge in [0.2, 0.25) is 0 Å². The maximum absolute atomic E-state index is 5.58. The fraction of sp³-hybridized carbons (Fsp3) is 0.714. The summed E-state index contributed by atoms with van der Waals surface area (Å²) in [5.74, 6) is 1.30. The van der Waals surface area contributed by atoms with Gasteiger partial charge in [-0.1, -0.05) is 13.8 Å². The zero-order chi connectivity index (χ0) is 14.4. The van der Waals surface area contributed by atoms with Gasteiger partial charge in [0, 0.05) is 31.5 Å². The lowest BCUT2D eigenvalue weighted by atomic mass is 10.2. The number of aromatic nitrogens is 1. The molecule has 0 radical (unpaired) electrons. The summed E-state index contributed by atoms with van der Waals surface area (Å²) in [4.78, 5) is 8.82. The molecule has 6 heteroatoms. The summed E-state index contributed by atoms with van der Waals surface area (Å²) in [5.41, 5.74) is 1.07. The van der Waals surface area contributed by atoms with Gasteiger partial charge in [0.05, 0.1) is 23.4 Å². The van der Waals surface area contributed by atoms with Crippen LogP contribution in [0.5, 0.6) is 0 Å². The summed E-state index contributed by atoms with van der Waals surface area (Å²) >= 11 is 1.72. The number of nitrogens with one attached hydrogen (secondary N) is 2. The van der Waals surface area contributed by atoms with Crippen LogP contribution in [0.15, 0.2) is 10.4 Å². The van der Waals surface area contributed by atoms with E-state index in [9.17, 15) is 0 Å². The highest BCUT2D eigenvalue weighted by atomic mass is 32.1. The van der Waals surface area contributed by atoms with Crippen molar-refractivity contribution in [3.8, 4) is 0 Å². The molecule has 2 N–H and O–H groups in total. The molecule has 0 aromatic carbocycles. The predicted octanol–water partition coefficient (Wildman–Crippen LogP) is 2.11. The van der Waals surface area contributed by atoms with Gasteiger partial charge in [0.15, 0.2) is 5.96 Å². The smallest absolute Gasteiger partial charge is 0.191 e. The van der Waals surface area contributed by atoms with E-state index in [4.69, 9.17) is 4.74 Å². The van der Waals surface area contributed by atoms with Crippen molar-refractivity contribution in [1.82, 2.24) is 15.6 Å². The minimum Gasteiger partial charge on any atom is -0.376 e. The summed E-state index contributed by atoms with van der Waals surface area (Å²) in [6.45, 7) is 6.73. The monoisotopic (exact) mass is 296 g/mol. The topological polar surface area (TPSA) is 58.5 Å². The summed E-state index contributed by atoms with van der Waals surface area (Å²) in [6.07, 6.45) is 2.61. The highest BCUT2D eigenvalue weighted by Crippen LogP contribution is 2.18. The molecule has 1 aliphatic heterocycles. The third kappa shape index (κ3) is 4.45. The number of hydrogen-bond acceptors (Lipinski definition) is 4. The molecule has 20 heavy (non-hydrogen) atoms. The number of nitrogens with zero attached hydrogens (tertiary/aromatic N) is 2. The van der Waals surface area contributed by atoms with Gasteiger partial charge in [-0.15, -0.1) is 11.3 Å². The van der Waals surface area contributed by atoms with Gasteiger partial charge in [-0.2, -0.15) is 0 Å². The molecule has 1 aromatic heterocycles. The Balaban J connectivity index is 1.75. The van der Waals surface area contributed by atoms with Gasteiger partial charge in [-0.25, -0.2) is 4.98 Å². The summed E-state index contributed by atoms with van der Waals surface area (Å²) in [7, 11) is 1.78. The number of guanidine groups is 1. The van der Waals surface area contributed by atoms with Crippen molar-refractivity contribution in [1.29, 1.82) is 0 Å². The Kier molecular flexibility index (Phi) is 5.79. The van der Waals surface area contributed by atoms with Gasteiger partial charge in [0.25, 0.3) is 0 Å². The summed E-state index contributed by atoms with van der Waals surface area (Å²) in [6, 6.07) is 0. The number of ether oxygens (including phenoxy) is 1. The van der Waals surface area contributed by atoms with Crippen molar-refractivity contribution in [2.24, 2.45) is 4.99 Å². The molecular weight excluding hydrogens is 272 g/mol. The first-order chi connectivity index (χ1) is 9.69. The molecule has 2 heterocycles. The van der Waals surface area contributed by atoms with E-state index in [0.717, 1.165) is 37.6 Å². The molecule has 1 aromatic rings. The average molecular weight is 296 g/mol. The Hall–Kier alpha value is -1.14. The third-order valence-electron chi connectivity index (χ3n) is 3.25. The van der Waals surface area contributed by atoms with Gasteiger partial charge >= 0.3 is 0 Å². The van der Waals surface area contributed by atoms with Crippen LogP contribution in [-0.4, -0.2) is 37.2 Å². The lowest BCUT2D eigenvalue weighted by Gasteiger charge is -2.14. The van der Waals surface area contributed by atoms with E-state index in [1.54, 1.807) is 18.4 Å². The maximum atomic E-state index is 5.58. The van der Waals surface area contributed by atoms with Crippen LogP contribution in [0.1, 0.15) is 43.3 Å². The zero-order valence-corrected chi connectivity index (χ0v) is 13.3. The largest absolute Gasteiger partial charge is 0.376 e. The molecule has 0 saturated carbocycles. The van der Waals surface area contributed by atoms with Crippen molar-refractivity contribution < 1.29 is 4.74 Å². The lowest BCUT2D eigenvalue weighted by molar-refractivity contribution is 0.114. The van der Waals surface area contributed by atoms with Crippen molar-refractivity contribution in [2.45, 2.75) is 45.3 Å². The molecule has 1 aliphatic rings. The molecule has 112 valence electrons. The molecule has 2 rings (SSSR count). The second-order valence-electron chi connectivity index (χ2n) is 5.27. The summed E-state index contributed by atoms with van der Waals surface area (Å²) in [5, 5.41) is 9.88. The first kappa shape index (κ1) is 15.3. The minimum atomic E-state index is 0.320. The van der Waals surface area contributed by atoms with E-state index in [0.29, 0.717) is 18.6 Å². The number of thiazole rings is 1. The normalized spacial score (nSPS) is 19.6. The molecule has 0 spiro atoms. The molecule has 0 bridgehead atoms. The molecule has 1 fully saturated rings. The fourth-order valence-electron chi connectivity index (χ4n) is 2.08. The van der Waals surface area contributed by atoms with Gasteiger partial charge < -0.3 is 15.4 Å². The molecular formula is C14H24N4OS. The number of rotatable bonds is 5. The molecule has 5 nitrogen and oxygen atoms in total. The van der Waals surface area contributed by atoms with Gasteiger partial charge in [-0.3, -0.25) is 4.99 Å². The molecule has 0 amide bonds. The lowest BCUT2D eigenvalue weighted by Crippen LogP contribution is -2.40. The van der Waals surface area contributed by atoms with Crippen LogP contribution in [0.25, 0.3) is 0 Å². The van der Waals surface area contributed by atoms with Crippen LogP contribution in [0.4, 0.5) is 0 Å². The van der Waals surface area contributed by atoms with Crippen molar-refractivity contribution >= 4 is 17.3 Å². The van der Waals surface area contributed by atoms with Crippen molar-refractivity contribution in [2.75, 3.05) is 20.2 Å². The van der Waals surface area contributed by atoms with Crippen molar-refractivity contribution in [3.05, 3.63) is 16.1 Å². The van der Waals surface area contributed by atoms with E-state index < -0.39 is 0 Å². The quantitative estimate of drug-likeness (QED) is 0.645. The second-order valence-corrected chi connectivity index (χ2v) is 6.16. The van der Waals surface area contributed by atoms with E-state index in [1.807, 2.05) is 0 Å². The first-order valence-corrected chi connectivity index (χ1v) is 8.07. The highest BCUT2D eigenvalue weighted by molar-refractivity contribution is 7.09. The van der Waals surface area contributed by atoms with E-state index in [1.165, 1.54) is 5.01 Å². The second kappa shape index (κ2) is 7.59. The van der Waals surface area contributed by atoms with Crippen LogP contribution in [0.3, 0.4) is 0 Å². The van der Waals surface area contributed by atoms with E-state index >= 15 is 0 Å². The molecule has 1 unspecified atom stereocenters. The predicted molar refractivity (Wildman–Crippen MR) is 83.4 cm³/mol. The van der Waals surface area contributed by atoms with E-state index in [2.05, 4.69) is 39.8 Å². The van der Waals surface area contributed by atoms with Crippen molar-refractivity contribution in [3.63, 3.8) is 0 Å². The zero-order valence-electron chi connectivity index (χ0n) is 12.5. The van der Waals surface area contributed by atoms with Crippen LogP contribution < -0.4 is 10.6 Å². The molecule has 1 saturated heterocycles. The first-order valence-electron chi connectivity index (χ1n) is 7.19. The Bertz CT molecular complexity index is 438. The Labute approximate surface area is 124 Å². The van der Waals surface area contributed by atoms with Crippen LogP contribution in [0, 0.1) is 0 Å². The van der Waals surface area contributed by atoms with Crippen LogP contribution in [-0.2, 0) is 11.3 Å². The summed E-state index contributed by atoms with van der Waals surface area (Å²) < 4.78 is 5.58. The molecule has 0 aliphatic carbocycles. The number of hydrogen-bond donors (Lipinski definition) is 2. The maximum Gasteiger partial charge on any atom is 0.191 e. The SMILES string of the molecule is CN=C(NCc1csc(C(C)C)n1)NCC1CCCO1. The Morgan fingerprint density at radius 2 is 2.40 bits per heavy atom. The Morgan fingerprint density at radius 1 is 1.55 bits per heavy atom. The fourth-order valence-corrected chi connectivity index (χ4v) is 2.91. The minimum absolute atomic E-state index is 0.320. The van der Waals surface area contributed by atoms with Crippen LogP contribution >= 0.6 is 11.3 Å². The molecule has 1 atom stereocenters. The third-order valence-corrected chi connectivity index (χ3v) is 4.44. The Morgan fingerprint density at radius 3 is 3.00 bits per heavy atom. The average Bonchev–Trinajstić information content (AvgIpc) is 3.10. The van der Waals surface area contributed by atoms with Gasteiger partial charge in [0.1, 0.15) is 0 Å². The van der Waals surface area contributed by atoms with Crippen LogP contribution in [0.2, 0.25) is 0 Å².